The molecule has 0 saturated carbocycles. The van der Waals surface area contributed by atoms with Crippen molar-refractivity contribution >= 4 is 5.70 Å². The van der Waals surface area contributed by atoms with E-state index in [0.717, 1.165) is 13.0 Å². The van der Waals surface area contributed by atoms with Crippen LogP contribution in [0.25, 0.3) is 5.70 Å². The van der Waals surface area contributed by atoms with Gasteiger partial charge >= 0.3 is 0 Å². The molecule has 0 radical (unpaired) electrons. The Morgan fingerprint density at radius 2 is 2.09 bits per heavy atom. The molecule has 2 nitrogen and oxygen atoms in total. The summed E-state index contributed by atoms with van der Waals surface area (Å²) in [4.78, 5) is 3.96. The lowest BCUT2D eigenvalue weighted by Gasteiger charge is -2.01. The molecular formula is C9H10N2. The highest BCUT2D eigenvalue weighted by atomic mass is 14.9. The number of nitrogens with zero attached hydrogens (tertiary/aromatic N) is 1. The van der Waals surface area contributed by atoms with Gasteiger partial charge in [0, 0.05) is 30.2 Å². The minimum absolute atomic E-state index is 1.07. The predicted molar refractivity (Wildman–Crippen MR) is 44.8 cm³/mol. The van der Waals surface area contributed by atoms with E-state index in [1.54, 1.807) is 0 Å². The Bertz CT molecular complexity index is 264. The van der Waals surface area contributed by atoms with Gasteiger partial charge in [-0.05, 0) is 18.6 Å². The van der Waals surface area contributed by atoms with E-state index in [1.165, 1.54) is 11.3 Å². The van der Waals surface area contributed by atoms with Crippen LogP contribution in [-0.4, -0.2) is 11.5 Å². The first-order valence-corrected chi connectivity index (χ1v) is 3.81. The van der Waals surface area contributed by atoms with Crippen molar-refractivity contribution in [3.63, 3.8) is 0 Å². The highest BCUT2D eigenvalue weighted by Gasteiger charge is 2.03. The summed E-state index contributed by atoms with van der Waals surface area (Å²) >= 11 is 0. The van der Waals surface area contributed by atoms with Gasteiger partial charge in [0.1, 0.15) is 0 Å². The molecule has 1 aliphatic heterocycles. The van der Waals surface area contributed by atoms with Gasteiger partial charge in [-0.15, -0.1) is 0 Å². The van der Waals surface area contributed by atoms with Crippen molar-refractivity contribution in [2.45, 2.75) is 6.42 Å². The van der Waals surface area contributed by atoms with E-state index in [2.05, 4.69) is 16.4 Å². The normalized spacial score (nSPS) is 15.8. The van der Waals surface area contributed by atoms with Crippen molar-refractivity contribution in [1.29, 1.82) is 0 Å². The van der Waals surface area contributed by atoms with Crippen molar-refractivity contribution in [2.24, 2.45) is 0 Å². The standard InChI is InChI=1S/C9H10N2/c1-2-9(11-5-1)8-3-6-10-7-4-8/h2-4,6-7,11H,1,5H2. The maximum absolute atomic E-state index is 3.96. The molecular weight excluding hydrogens is 136 g/mol. The van der Waals surface area contributed by atoms with Crippen LogP contribution in [0.1, 0.15) is 12.0 Å². The molecule has 0 aliphatic carbocycles. The van der Waals surface area contributed by atoms with Crippen molar-refractivity contribution in [2.75, 3.05) is 6.54 Å². The van der Waals surface area contributed by atoms with Crippen LogP contribution in [-0.2, 0) is 0 Å². The number of hydrogen-bond donors (Lipinski definition) is 1. The second-order valence-electron chi connectivity index (χ2n) is 2.57. The Hall–Kier alpha value is -1.31. The van der Waals surface area contributed by atoms with Crippen LogP contribution in [0, 0.1) is 0 Å². The summed E-state index contributed by atoms with van der Waals surface area (Å²) in [6.45, 7) is 1.07. The Morgan fingerprint density at radius 1 is 1.27 bits per heavy atom. The van der Waals surface area contributed by atoms with E-state index < -0.39 is 0 Å². The lowest BCUT2D eigenvalue weighted by Crippen LogP contribution is -2.05. The zero-order chi connectivity index (χ0) is 7.52. The van der Waals surface area contributed by atoms with Crippen LogP contribution in [0.4, 0.5) is 0 Å². The summed E-state index contributed by atoms with van der Waals surface area (Å²) in [5, 5.41) is 3.31. The van der Waals surface area contributed by atoms with Gasteiger partial charge in [0.15, 0.2) is 0 Å². The van der Waals surface area contributed by atoms with Gasteiger partial charge in [-0.1, -0.05) is 6.08 Å². The van der Waals surface area contributed by atoms with Gasteiger partial charge in [0.25, 0.3) is 0 Å². The molecule has 0 atom stereocenters. The first-order chi connectivity index (χ1) is 5.47. The second kappa shape index (κ2) is 2.74. The summed E-state index contributed by atoms with van der Waals surface area (Å²) in [5.74, 6) is 0. The molecule has 0 saturated heterocycles. The van der Waals surface area contributed by atoms with E-state index in [0.29, 0.717) is 0 Å². The van der Waals surface area contributed by atoms with Crippen molar-refractivity contribution < 1.29 is 0 Å². The van der Waals surface area contributed by atoms with E-state index in [-0.39, 0.29) is 0 Å². The highest BCUT2D eigenvalue weighted by Crippen LogP contribution is 2.14. The zero-order valence-electron chi connectivity index (χ0n) is 6.25. The van der Waals surface area contributed by atoms with Gasteiger partial charge in [-0.3, -0.25) is 4.98 Å². The maximum Gasteiger partial charge on any atom is 0.0375 e. The lowest BCUT2D eigenvalue weighted by atomic mass is 10.2. The summed E-state index contributed by atoms with van der Waals surface area (Å²) in [7, 11) is 0. The predicted octanol–water partition coefficient (Wildman–Crippen LogP) is 1.42. The molecule has 1 aromatic rings. The van der Waals surface area contributed by atoms with Gasteiger partial charge in [0.2, 0.25) is 0 Å². The average Bonchev–Trinajstić information content (AvgIpc) is 2.58. The third-order valence-corrected chi connectivity index (χ3v) is 1.80. The summed E-state index contributed by atoms with van der Waals surface area (Å²) in [5.41, 5.74) is 2.48. The minimum Gasteiger partial charge on any atom is -0.385 e. The quantitative estimate of drug-likeness (QED) is 0.648. The van der Waals surface area contributed by atoms with E-state index in [4.69, 9.17) is 0 Å². The number of hydrogen-bond acceptors (Lipinski definition) is 2. The average molecular weight is 146 g/mol. The second-order valence-corrected chi connectivity index (χ2v) is 2.57. The molecule has 0 spiro atoms. The molecule has 0 amide bonds. The minimum atomic E-state index is 1.07. The molecule has 2 heteroatoms. The topological polar surface area (TPSA) is 24.9 Å². The molecule has 11 heavy (non-hydrogen) atoms. The highest BCUT2D eigenvalue weighted by molar-refractivity contribution is 5.64. The first kappa shape index (κ1) is 6.40. The Morgan fingerprint density at radius 3 is 2.73 bits per heavy atom. The number of pyridine rings is 1. The van der Waals surface area contributed by atoms with Crippen molar-refractivity contribution in [3.05, 3.63) is 36.2 Å². The van der Waals surface area contributed by atoms with E-state index in [1.807, 2.05) is 24.5 Å². The van der Waals surface area contributed by atoms with E-state index >= 15 is 0 Å². The Labute approximate surface area is 66.0 Å². The molecule has 2 heterocycles. The lowest BCUT2D eigenvalue weighted by molar-refractivity contribution is 0.928. The zero-order valence-corrected chi connectivity index (χ0v) is 6.25. The van der Waals surface area contributed by atoms with Crippen molar-refractivity contribution in [3.8, 4) is 0 Å². The molecule has 2 rings (SSSR count). The third kappa shape index (κ3) is 1.24. The monoisotopic (exact) mass is 146 g/mol. The summed E-state index contributed by atoms with van der Waals surface area (Å²) in [6, 6.07) is 4.04. The fourth-order valence-electron chi connectivity index (χ4n) is 1.25. The molecule has 56 valence electrons. The number of aromatic nitrogens is 1. The summed E-state index contributed by atoms with van der Waals surface area (Å²) < 4.78 is 0. The molecule has 1 aromatic heterocycles. The molecule has 0 aromatic carbocycles. The van der Waals surface area contributed by atoms with Crippen LogP contribution < -0.4 is 5.32 Å². The van der Waals surface area contributed by atoms with Gasteiger partial charge < -0.3 is 5.32 Å². The number of rotatable bonds is 1. The molecule has 1 aliphatic rings. The maximum atomic E-state index is 3.96. The largest absolute Gasteiger partial charge is 0.385 e. The fourth-order valence-corrected chi connectivity index (χ4v) is 1.25. The number of nitrogens with one attached hydrogen (secondary N) is 1. The molecule has 0 fully saturated rings. The Balaban J connectivity index is 2.29. The van der Waals surface area contributed by atoms with Crippen LogP contribution in [0.3, 0.4) is 0 Å². The Kier molecular flexibility index (Phi) is 1.60. The summed E-state index contributed by atoms with van der Waals surface area (Å²) in [6.07, 6.45) is 6.99. The smallest absolute Gasteiger partial charge is 0.0375 e. The molecule has 0 bridgehead atoms. The van der Waals surface area contributed by atoms with E-state index in [9.17, 15) is 0 Å². The van der Waals surface area contributed by atoms with Crippen molar-refractivity contribution in [1.82, 2.24) is 10.3 Å². The first-order valence-electron chi connectivity index (χ1n) is 3.81. The molecule has 1 N–H and O–H groups in total. The van der Waals surface area contributed by atoms with Crippen LogP contribution in [0.15, 0.2) is 30.6 Å². The SMILES string of the molecule is C1=C(c2ccncc2)NCC1. The van der Waals surface area contributed by atoms with Crippen LogP contribution in [0.2, 0.25) is 0 Å². The van der Waals surface area contributed by atoms with Gasteiger partial charge in [-0.2, -0.15) is 0 Å². The molecule has 0 unspecified atom stereocenters. The third-order valence-electron chi connectivity index (χ3n) is 1.80. The van der Waals surface area contributed by atoms with Gasteiger partial charge in [-0.25, -0.2) is 0 Å². The van der Waals surface area contributed by atoms with Gasteiger partial charge in [0.05, 0.1) is 0 Å². The fraction of sp³-hybridized carbons (Fsp3) is 0.222. The van der Waals surface area contributed by atoms with Crippen LogP contribution in [0.5, 0.6) is 0 Å². The van der Waals surface area contributed by atoms with Crippen LogP contribution >= 0.6 is 0 Å².